The molecule has 1 fully saturated rings. The Balaban J connectivity index is 1.58. The summed E-state index contributed by atoms with van der Waals surface area (Å²) in [6, 6.07) is 15.0. The minimum atomic E-state index is -0.551. The lowest BCUT2D eigenvalue weighted by Crippen LogP contribution is -2.50. The van der Waals surface area contributed by atoms with E-state index in [0.717, 1.165) is 29.8 Å². The van der Waals surface area contributed by atoms with Crippen molar-refractivity contribution in [3.8, 4) is 5.75 Å². The maximum Gasteiger partial charge on any atom is 0.126 e. The highest BCUT2D eigenvalue weighted by molar-refractivity contribution is 6.30. The van der Waals surface area contributed by atoms with Gasteiger partial charge in [0.05, 0.1) is 0 Å². The number of benzene rings is 2. The van der Waals surface area contributed by atoms with E-state index in [0.29, 0.717) is 17.3 Å². The first-order valence-corrected chi connectivity index (χ1v) is 8.95. The smallest absolute Gasteiger partial charge is 0.126 e. The summed E-state index contributed by atoms with van der Waals surface area (Å²) in [7, 11) is 0. The van der Waals surface area contributed by atoms with Crippen molar-refractivity contribution in [2.45, 2.75) is 44.1 Å². The van der Waals surface area contributed by atoms with Gasteiger partial charge in [-0.25, -0.2) is 0 Å². The lowest BCUT2D eigenvalue weighted by Gasteiger charge is -2.35. The molecular formula is C19H21Cl2NO2. The van der Waals surface area contributed by atoms with E-state index in [1.54, 1.807) is 6.07 Å². The summed E-state index contributed by atoms with van der Waals surface area (Å²) in [6.45, 7) is 0.697. The number of hydrogen-bond donors (Lipinski definition) is 2. The van der Waals surface area contributed by atoms with E-state index in [1.165, 1.54) is 0 Å². The van der Waals surface area contributed by atoms with Crippen molar-refractivity contribution in [1.82, 2.24) is 5.32 Å². The summed E-state index contributed by atoms with van der Waals surface area (Å²) in [5.41, 5.74) is 1.14. The van der Waals surface area contributed by atoms with Crippen LogP contribution in [0.25, 0.3) is 0 Å². The second-order valence-corrected chi connectivity index (χ2v) is 7.02. The van der Waals surface area contributed by atoms with Gasteiger partial charge >= 0.3 is 0 Å². The zero-order chi connectivity index (χ0) is 16.9. The van der Waals surface area contributed by atoms with Crippen molar-refractivity contribution >= 4 is 23.2 Å². The Hall–Kier alpha value is -1.26. The summed E-state index contributed by atoms with van der Waals surface area (Å²) in [5, 5.41) is 15.4. The van der Waals surface area contributed by atoms with Crippen molar-refractivity contribution in [2.24, 2.45) is 0 Å². The SMILES string of the molecule is O[C@@H]1[C@@H](NCc2ccc(Cl)cc2)CCC[C@H]1Oc1cccc(Cl)c1. The van der Waals surface area contributed by atoms with Crippen LogP contribution in [0.1, 0.15) is 24.8 Å². The van der Waals surface area contributed by atoms with Crippen LogP contribution in [0.3, 0.4) is 0 Å². The van der Waals surface area contributed by atoms with Gasteiger partial charge in [0.2, 0.25) is 0 Å². The molecule has 0 aliphatic heterocycles. The maximum absolute atomic E-state index is 10.6. The molecule has 0 bridgehead atoms. The molecule has 0 heterocycles. The zero-order valence-electron chi connectivity index (χ0n) is 13.3. The van der Waals surface area contributed by atoms with Gasteiger partial charge in [0.25, 0.3) is 0 Å². The number of hydrogen-bond acceptors (Lipinski definition) is 3. The van der Waals surface area contributed by atoms with Gasteiger partial charge in [-0.15, -0.1) is 0 Å². The molecule has 1 aliphatic rings. The van der Waals surface area contributed by atoms with Crippen molar-refractivity contribution in [3.63, 3.8) is 0 Å². The predicted molar refractivity (Wildman–Crippen MR) is 97.8 cm³/mol. The number of halogens is 2. The second-order valence-electron chi connectivity index (χ2n) is 6.15. The van der Waals surface area contributed by atoms with E-state index >= 15 is 0 Å². The average Bonchev–Trinajstić information content (AvgIpc) is 2.57. The topological polar surface area (TPSA) is 41.5 Å². The third-order valence-electron chi connectivity index (χ3n) is 4.36. The minimum absolute atomic E-state index is 0.0126. The third-order valence-corrected chi connectivity index (χ3v) is 4.85. The van der Waals surface area contributed by atoms with Gasteiger partial charge in [-0.3, -0.25) is 0 Å². The Morgan fingerprint density at radius 3 is 2.58 bits per heavy atom. The lowest BCUT2D eigenvalue weighted by atomic mass is 9.89. The number of aliphatic hydroxyl groups excluding tert-OH is 1. The molecule has 1 saturated carbocycles. The van der Waals surface area contributed by atoms with Crippen LogP contribution < -0.4 is 10.1 Å². The molecule has 3 rings (SSSR count). The first-order valence-electron chi connectivity index (χ1n) is 8.20. The molecule has 0 radical (unpaired) electrons. The van der Waals surface area contributed by atoms with Crippen LogP contribution in [-0.2, 0) is 6.54 Å². The molecule has 24 heavy (non-hydrogen) atoms. The Morgan fingerprint density at radius 1 is 1.04 bits per heavy atom. The van der Waals surface area contributed by atoms with E-state index in [1.807, 2.05) is 42.5 Å². The largest absolute Gasteiger partial charge is 0.488 e. The predicted octanol–water partition coefficient (Wildman–Crippen LogP) is 4.44. The first-order chi connectivity index (χ1) is 11.6. The van der Waals surface area contributed by atoms with Crippen LogP contribution in [0.15, 0.2) is 48.5 Å². The molecular weight excluding hydrogens is 345 g/mol. The van der Waals surface area contributed by atoms with E-state index in [4.69, 9.17) is 27.9 Å². The van der Waals surface area contributed by atoms with Gasteiger partial charge in [-0.2, -0.15) is 0 Å². The molecule has 3 nitrogen and oxygen atoms in total. The van der Waals surface area contributed by atoms with Crippen LogP contribution >= 0.6 is 23.2 Å². The summed E-state index contributed by atoms with van der Waals surface area (Å²) >= 11 is 11.9. The number of ether oxygens (including phenoxy) is 1. The van der Waals surface area contributed by atoms with Crippen LogP contribution in [0.5, 0.6) is 5.75 Å². The number of nitrogens with one attached hydrogen (secondary N) is 1. The Kier molecular flexibility index (Phi) is 6.01. The molecule has 0 aromatic heterocycles. The van der Waals surface area contributed by atoms with Crippen LogP contribution in [0, 0.1) is 0 Å². The van der Waals surface area contributed by atoms with Crippen molar-refractivity contribution in [1.29, 1.82) is 0 Å². The standard InChI is InChI=1S/C19H21Cl2NO2/c20-14-9-7-13(8-10-14)12-22-17-5-2-6-18(19(17)23)24-16-4-1-3-15(21)11-16/h1,3-4,7-11,17-19,22-23H,2,5-6,12H2/t17-,18+,19+/m0/s1. The summed E-state index contributed by atoms with van der Waals surface area (Å²) in [6.07, 6.45) is 2.02. The summed E-state index contributed by atoms with van der Waals surface area (Å²) < 4.78 is 5.95. The van der Waals surface area contributed by atoms with Gasteiger partial charge in [0.1, 0.15) is 18.0 Å². The van der Waals surface area contributed by atoms with Crippen LogP contribution in [0.4, 0.5) is 0 Å². The molecule has 0 spiro atoms. The molecule has 2 aromatic carbocycles. The summed E-state index contributed by atoms with van der Waals surface area (Å²) in [5.74, 6) is 0.699. The quantitative estimate of drug-likeness (QED) is 0.822. The average molecular weight is 366 g/mol. The Bertz CT molecular complexity index is 663. The molecule has 1 aliphatic carbocycles. The van der Waals surface area contributed by atoms with E-state index in [-0.39, 0.29) is 12.1 Å². The highest BCUT2D eigenvalue weighted by atomic mass is 35.5. The van der Waals surface area contributed by atoms with E-state index < -0.39 is 6.10 Å². The van der Waals surface area contributed by atoms with Crippen LogP contribution in [-0.4, -0.2) is 23.4 Å². The molecule has 2 N–H and O–H groups in total. The third kappa shape index (κ3) is 4.64. The highest BCUT2D eigenvalue weighted by Crippen LogP contribution is 2.26. The fourth-order valence-electron chi connectivity index (χ4n) is 3.06. The molecule has 3 atom stereocenters. The van der Waals surface area contributed by atoms with Gasteiger partial charge < -0.3 is 15.2 Å². The van der Waals surface area contributed by atoms with Gasteiger partial charge in [-0.05, 0) is 55.2 Å². The first kappa shape index (κ1) is 17.6. The van der Waals surface area contributed by atoms with Crippen molar-refractivity contribution in [3.05, 3.63) is 64.1 Å². The Labute approximate surface area is 152 Å². The fraction of sp³-hybridized carbons (Fsp3) is 0.368. The molecule has 0 amide bonds. The monoisotopic (exact) mass is 365 g/mol. The van der Waals surface area contributed by atoms with E-state index in [9.17, 15) is 5.11 Å². The maximum atomic E-state index is 10.6. The van der Waals surface area contributed by atoms with Gasteiger partial charge in [0, 0.05) is 22.6 Å². The normalized spacial score (nSPS) is 23.9. The fourth-order valence-corrected chi connectivity index (χ4v) is 3.36. The zero-order valence-corrected chi connectivity index (χ0v) is 14.8. The molecule has 0 unspecified atom stereocenters. The van der Waals surface area contributed by atoms with Crippen molar-refractivity contribution < 1.29 is 9.84 Å². The highest BCUT2D eigenvalue weighted by Gasteiger charge is 2.33. The number of rotatable bonds is 5. The van der Waals surface area contributed by atoms with Crippen molar-refractivity contribution in [2.75, 3.05) is 0 Å². The lowest BCUT2D eigenvalue weighted by molar-refractivity contribution is -0.0157. The molecule has 128 valence electrons. The molecule has 5 heteroatoms. The molecule has 0 saturated heterocycles. The molecule has 2 aromatic rings. The van der Waals surface area contributed by atoms with Gasteiger partial charge in [-0.1, -0.05) is 41.4 Å². The minimum Gasteiger partial charge on any atom is -0.488 e. The number of aliphatic hydroxyl groups is 1. The Morgan fingerprint density at radius 2 is 1.83 bits per heavy atom. The van der Waals surface area contributed by atoms with Crippen LogP contribution in [0.2, 0.25) is 10.0 Å². The van der Waals surface area contributed by atoms with Gasteiger partial charge in [0.15, 0.2) is 0 Å². The second kappa shape index (κ2) is 8.21. The summed E-state index contributed by atoms with van der Waals surface area (Å²) in [4.78, 5) is 0. The van der Waals surface area contributed by atoms with E-state index in [2.05, 4.69) is 5.32 Å².